The highest BCUT2D eigenvalue weighted by atomic mass is 27.0. The Labute approximate surface area is 163 Å². The smallest absolute Gasteiger partial charge is 0.187 e. The van der Waals surface area contributed by atoms with Gasteiger partial charge in [0.1, 0.15) is 0 Å². The number of rotatable bonds is 3. The second kappa shape index (κ2) is 36.8. The molecule has 7 heteroatoms. The molecule has 0 aliphatic rings. The third-order valence-corrected chi connectivity index (χ3v) is 1.77. The Morgan fingerprint density at radius 1 is 0.526 bits per heavy atom. The van der Waals surface area contributed by atoms with Crippen LogP contribution in [0.4, 0.5) is 0 Å². The van der Waals surface area contributed by atoms with Crippen molar-refractivity contribution in [2.75, 3.05) is 0 Å². The summed E-state index contributed by atoms with van der Waals surface area (Å²) in [5.74, 6) is 0. The zero-order valence-electron chi connectivity index (χ0n) is 11.2. The van der Waals surface area contributed by atoms with Crippen molar-refractivity contribution in [1.82, 2.24) is 0 Å². The van der Waals surface area contributed by atoms with Crippen molar-refractivity contribution in [2.24, 2.45) is 0 Å². The molecule has 0 spiro atoms. The molecule has 0 radical (unpaired) electrons. The van der Waals surface area contributed by atoms with E-state index in [1.807, 2.05) is 20.8 Å². The highest BCUT2D eigenvalue weighted by Gasteiger charge is 1.82. The van der Waals surface area contributed by atoms with Crippen LogP contribution in [0.15, 0.2) is 0 Å². The van der Waals surface area contributed by atoms with Gasteiger partial charge in [0.15, 0.2) is 69.4 Å². The zero-order valence-corrected chi connectivity index (χ0v) is 11.2. The van der Waals surface area contributed by atoms with E-state index in [1.54, 1.807) is 20.8 Å². The van der Waals surface area contributed by atoms with E-state index in [0.717, 1.165) is 19.3 Å². The lowest BCUT2D eigenvalue weighted by Gasteiger charge is -1.90. The van der Waals surface area contributed by atoms with Crippen LogP contribution in [0.3, 0.4) is 0 Å². The van der Waals surface area contributed by atoms with Crippen molar-refractivity contribution in [3.05, 3.63) is 0 Å². The van der Waals surface area contributed by atoms with Gasteiger partial charge in [-0.25, -0.2) is 0 Å². The summed E-state index contributed by atoms with van der Waals surface area (Å²) in [6.45, 7) is 11.2. The number of hydrogen-bond donors (Lipinski definition) is 3. The number of hydrogen-bond acceptors (Lipinski definition) is 3. The van der Waals surface area contributed by atoms with Crippen LogP contribution in [0.1, 0.15) is 60.8 Å². The van der Waals surface area contributed by atoms with Crippen LogP contribution in [0.25, 0.3) is 0 Å². The van der Waals surface area contributed by atoms with E-state index in [4.69, 9.17) is 15.3 Å². The normalized spacial score (nSPS) is 11.8. The minimum Gasteiger partial charge on any atom is -0.393 e. The van der Waals surface area contributed by atoms with Crippen LogP contribution in [-0.4, -0.2) is 103 Å². The van der Waals surface area contributed by atoms with E-state index in [-0.39, 0.29) is 87.8 Å². The fourth-order valence-corrected chi connectivity index (χ4v) is 0. The van der Waals surface area contributed by atoms with Crippen LogP contribution in [0, 0.1) is 0 Å². The molecule has 0 bridgehead atoms. The second-order valence-corrected chi connectivity index (χ2v) is 3.77. The Balaban J connectivity index is -0.0000000206. The van der Waals surface area contributed by atoms with Crippen LogP contribution in [0.5, 0.6) is 0 Å². The molecule has 0 fully saturated rings. The quantitative estimate of drug-likeness (QED) is 0.501. The minimum absolute atomic E-state index is 0. The summed E-state index contributed by atoms with van der Waals surface area (Å²) in [7, 11) is 0. The maximum absolute atomic E-state index is 8.36. The van der Waals surface area contributed by atoms with Gasteiger partial charge < -0.3 is 15.3 Å². The van der Waals surface area contributed by atoms with Gasteiger partial charge in [0.2, 0.25) is 0 Å². The fraction of sp³-hybridized carbons (Fsp3) is 1.00. The van der Waals surface area contributed by atoms with Gasteiger partial charge in [-0.1, -0.05) is 20.8 Å². The standard InChI is InChI=1S/3C4H10O.4Al.12H/c3*1-3-4(2)5;;;;;;;;;;;;;;;;/h3*4-5H,3H2,1-2H3;;;;;;;;;;;;;;;;. The van der Waals surface area contributed by atoms with Crippen molar-refractivity contribution in [1.29, 1.82) is 0 Å². The van der Waals surface area contributed by atoms with E-state index in [2.05, 4.69) is 0 Å². The molecule has 0 amide bonds. The lowest BCUT2D eigenvalue weighted by Crippen LogP contribution is -1.93. The Morgan fingerprint density at radius 2 is 0.579 bits per heavy atom. The predicted molar refractivity (Wildman–Crippen MR) is 106 cm³/mol. The molecule has 0 saturated heterocycles. The molecule has 120 valence electrons. The van der Waals surface area contributed by atoms with Crippen LogP contribution in [0.2, 0.25) is 0 Å². The average molecular weight is 342 g/mol. The third kappa shape index (κ3) is 101. The molecule has 3 nitrogen and oxygen atoms in total. The van der Waals surface area contributed by atoms with Gasteiger partial charge in [-0.05, 0) is 40.0 Å². The highest BCUT2D eigenvalue weighted by Crippen LogP contribution is 1.82. The van der Waals surface area contributed by atoms with Crippen molar-refractivity contribution >= 4 is 69.4 Å². The van der Waals surface area contributed by atoms with Crippen molar-refractivity contribution in [3.63, 3.8) is 0 Å². The minimum atomic E-state index is -0.116. The molecule has 0 rings (SSSR count). The SMILES string of the molecule is CCC(C)O.CCC(C)O.CCC(C)O.[AlH3].[AlH3].[AlH3].[AlH3]. The summed E-state index contributed by atoms with van der Waals surface area (Å²) >= 11 is 0. The van der Waals surface area contributed by atoms with E-state index in [0.29, 0.717) is 0 Å². The first kappa shape index (κ1) is 42.9. The second-order valence-electron chi connectivity index (χ2n) is 3.77. The number of aliphatic hydroxyl groups excluding tert-OH is 3. The van der Waals surface area contributed by atoms with E-state index in [9.17, 15) is 0 Å². The van der Waals surface area contributed by atoms with Crippen molar-refractivity contribution in [2.45, 2.75) is 79.1 Å². The molecular formula is C12H42Al4O3. The molecule has 0 aliphatic carbocycles. The van der Waals surface area contributed by atoms with Gasteiger partial charge in [-0.2, -0.15) is 0 Å². The van der Waals surface area contributed by atoms with Gasteiger partial charge in [0, 0.05) is 0 Å². The maximum atomic E-state index is 8.36. The third-order valence-electron chi connectivity index (χ3n) is 1.77. The van der Waals surface area contributed by atoms with E-state index in [1.165, 1.54) is 0 Å². The number of aliphatic hydroxyl groups is 3. The van der Waals surface area contributed by atoms with E-state index < -0.39 is 0 Å². The summed E-state index contributed by atoms with van der Waals surface area (Å²) in [6, 6.07) is 0. The molecule has 0 aromatic heterocycles. The predicted octanol–water partition coefficient (Wildman–Crippen LogP) is -2.40. The molecular weight excluding hydrogens is 300 g/mol. The first-order valence-corrected chi connectivity index (χ1v) is 5.85. The van der Waals surface area contributed by atoms with Crippen molar-refractivity contribution in [3.8, 4) is 0 Å². The molecule has 3 unspecified atom stereocenters. The summed E-state index contributed by atoms with van der Waals surface area (Å²) in [4.78, 5) is 0. The summed E-state index contributed by atoms with van der Waals surface area (Å²) in [5, 5.41) is 25.1. The molecule has 0 aromatic rings. The van der Waals surface area contributed by atoms with Gasteiger partial charge >= 0.3 is 0 Å². The zero-order chi connectivity index (χ0) is 12.9. The average Bonchev–Trinajstić information content (AvgIpc) is 2.19. The summed E-state index contributed by atoms with van der Waals surface area (Å²) in [5.41, 5.74) is 0. The maximum Gasteiger partial charge on any atom is 0.187 e. The van der Waals surface area contributed by atoms with Crippen LogP contribution < -0.4 is 0 Å². The summed E-state index contributed by atoms with van der Waals surface area (Å²) < 4.78 is 0. The van der Waals surface area contributed by atoms with Gasteiger partial charge in [-0.3, -0.25) is 0 Å². The molecule has 0 heterocycles. The molecule has 3 atom stereocenters. The van der Waals surface area contributed by atoms with Crippen LogP contribution in [-0.2, 0) is 0 Å². The Hall–Kier alpha value is 2.01. The van der Waals surface area contributed by atoms with E-state index >= 15 is 0 Å². The van der Waals surface area contributed by atoms with Crippen molar-refractivity contribution < 1.29 is 15.3 Å². The molecule has 0 saturated carbocycles. The Morgan fingerprint density at radius 3 is 0.579 bits per heavy atom. The molecule has 0 aliphatic heterocycles. The van der Waals surface area contributed by atoms with Gasteiger partial charge in [0.25, 0.3) is 0 Å². The molecule has 0 aromatic carbocycles. The lowest BCUT2D eigenvalue weighted by molar-refractivity contribution is 0.190. The highest BCUT2D eigenvalue weighted by molar-refractivity contribution is 5.76. The largest absolute Gasteiger partial charge is 0.393 e. The van der Waals surface area contributed by atoms with Gasteiger partial charge in [-0.15, -0.1) is 0 Å². The Bertz CT molecular complexity index is 86.0. The first-order valence-electron chi connectivity index (χ1n) is 5.85. The van der Waals surface area contributed by atoms with Gasteiger partial charge in [0.05, 0.1) is 18.3 Å². The molecule has 3 N–H and O–H groups in total. The first-order chi connectivity index (χ1) is 6.81. The topological polar surface area (TPSA) is 60.7 Å². The fourth-order valence-electron chi connectivity index (χ4n) is 0. The van der Waals surface area contributed by atoms with Crippen LogP contribution >= 0.6 is 0 Å². The Kier molecular flexibility index (Phi) is 83.1. The lowest BCUT2D eigenvalue weighted by atomic mass is 10.3. The summed E-state index contributed by atoms with van der Waals surface area (Å²) in [6.07, 6.45) is 2.24. The monoisotopic (exact) mass is 342 g/mol. The molecule has 19 heavy (non-hydrogen) atoms.